The van der Waals surface area contributed by atoms with Gasteiger partial charge in [-0.25, -0.2) is 17.7 Å². The van der Waals surface area contributed by atoms with Crippen molar-refractivity contribution in [3.63, 3.8) is 0 Å². The Morgan fingerprint density at radius 1 is 1.17 bits per heavy atom. The third kappa shape index (κ3) is 3.42. The molecule has 1 aromatic heterocycles. The van der Waals surface area contributed by atoms with E-state index < -0.39 is 10.0 Å². The molecule has 3 rings (SSSR count). The maximum atomic E-state index is 12.5. The van der Waals surface area contributed by atoms with Crippen molar-refractivity contribution < 1.29 is 13.2 Å². The van der Waals surface area contributed by atoms with E-state index in [1.165, 1.54) is 6.26 Å². The average molecular weight is 340 g/mol. The average Bonchev–Trinajstić information content (AvgIpc) is 3.15. The van der Waals surface area contributed by atoms with Gasteiger partial charge in [-0.15, -0.1) is 0 Å². The van der Waals surface area contributed by atoms with Crippen LogP contribution in [0.25, 0.3) is 0 Å². The minimum Gasteiger partial charge on any atom is -0.336 e. The molecule has 2 aliphatic heterocycles. The number of carbonyl (C=O) groups excluding carboxylic acids is 1. The fraction of sp³-hybridized carbons (Fsp3) is 0.733. The van der Waals surface area contributed by atoms with Crippen LogP contribution in [0.2, 0.25) is 0 Å². The summed E-state index contributed by atoms with van der Waals surface area (Å²) < 4.78 is 26.5. The molecule has 8 heteroatoms. The van der Waals surface area contributed by atoms with Crippen LogP contribution in [0.3, 0.4) is 0 Å². The highest BCUT2D eigenvalue weighted by molar-refractivity contribution is 7.88. The first-order chi connectivity index (χ1) is 10.9. The summed E-state index contributed by atoms with van der Waals surface area (Å²) in [5.41, 5.74) is 0. The van der Waals surface area contributed by atoms with Crippen LogP contribution >= 0.6 is 0 Å². The number of piperidine rings is 1. The number of aryl methyl sites for hydroxylation is 1. The Morgan fingerprint density at radius 2 is 1.83 bits per heavy atom. The molecule has 1 aromatic rings. The van der Waals surface area contributed by atoms with Gasteiger partial charge in [0.2, 0.25) is 10.0 Å². The Labute approximate surface area is 137 Å². The largest absolute Gasteiger partial charge is 0.336 e. The van der Waals surface area contributed by atoms with Gasteiger partial charge < -0.3 is 9.47 Å². The molecule has 1 atom stereocenters. The van der Waals surface area contributed by atoms with Gasteiger partial charge in [0, 0.05) is 45.6 Å². The number of hydrogen-bond donors (Lipinski definition) is 0. The van der Waals surface area contributed by atoms with Gasteiger partial charge in [-0.1, -0.05) is 0 Å². The zero-order valence-corrected chi connectivity index (χ0v) is 14.5. The summed E-state index contributed by atoms with van der Waals surface area (Å²) in [6, 6.07) is 0. The smallest absolute Gasteiger partial charge is 0.289 e. The van der Waals surface area contributed by atoms with Gasteiger partial charge in [-0.05, 0) is 31.1 Å². The number of sulfonamides is 1. The first-order valence-electron chi connectivity index (χ1n) is 8.08. The molecule has 23 heavy (non-hydrogen) atoms. The molecular formula is C15H24N4O3S. The lowest BCUT2D eigenvalue weighted by Crippen LogP contribution is -2.40. The Bertz CT molecular complexity index is 677. The second-order valence-corrected chi connectivity index (χ2v) is 8.64. The number of amides is 1. The van der Waals surface area contributed by atoms with Gasteiger partial charge in [0.15, 0.2) is 5.82 Å². The van der Waals surface area contributed by atoms with Gasteiger partial charge in [0.1, 0.15) is 0 Å². The molecular weight excluding hydrogens is 316 g/mol. The van der Waals surface area contributed by atoms with E-state index in [1.54, 1.807) is 21.3 Å². The molecule has 0 aromatic carbocycles. The van der Waals surface area contributed by atoms with Gasteiger partial charge in [0.25, 0.3) is 5.91 Å². The van der Waals surface area contributed by atoms with Crippen molar-refractivity contribution in [3.8, 4) is 0 Å². The number of aromatic nitrogens is 2. The van der Waals surface area contributed by atoms with Crippen LogP contribution in [0.5, 0.6) is 0 Å². The molecule has 1 amide bonds. The maximum absolute atomic E-state index is 12.5. The third-order valence-electron chi connectivity index (χ3n) is 5.16. The SMILES string of the molecule is Cn1ccnc1C(=O)N1CCC(C2CCN(S(C)(=O)=O)CC2)C1. The summed E-state index contributed by atoms with van der Waals surface area (Å²) in [7, 11) is -1.25. The molecule has 0 spiro atoms. The zero-order valence-electron chi connectivity index (χ0n) is 13.7. The number of nitrogens with zero attached hydrogens (tertiary/aromatic N) is 4. The van der Waals surface area contributed by atoms with Gasteiger partial charge in [-0.3, -0.25) is 4.79 Å². The van der Waals surface area contributed by atoms with Crippen LogP contribution in [-0.4, -0.2) is 65.5 Å². The van der Waals surface area contributed by atoms with Gasteiger partial charge >= 0.3 is 0 Å². The summed E-state index contributed by atoms with van der Waals surface area (Å²) >= 11 is 0. The van der Waals surface area contributed by atoms with E-state index in [1.807, 2.05) is 11.9 Å². The molecule has 7 nitrogen and oxygen atoms in total. The lowest BCUT2D eigenvalue weighted by Gasteiger charge is -2.33. The molecule has 0 saturated carbocycles. The molecule has 2 aliphatic rings. The molecule has 0 radical (unpaired) electrons. The normalized spacial score (nSPS) is 24.3. The van der Waals surface area contributed by atoms with Crippen LogP contribution in [0.4, 0.5) is 0 Å². The van der Waals surface area contributed by atoms with E-state index in [4.69, 9.17) is 0 Å². The van der Waals surface area contributed by atoms with Crippen molar-refractivity contribution in [2.75, 3.05) is 32.4 Å². The van der Waals surface area contributed by atoms with E-state index in [0.29, 0.717) is 30.7 Å². The van der Waals surface area contributed by atoms with Gasteiger partial charge in [0.05, 0.1) is 6.26 Å². The summed E-state index contributed by atoms with van der Waals surface area (Å²) in [5, 5.41) is 0. The molecule has 3 heterocycles. The second-order valence-electron chi connectivity index (χ2n) is 6.66. The molecule has 128 valence electrons. The van der Waals surface area contributed by atoms with Crippen LogP contribution in [0, 0.1) is 11.8 Å². The molecule has 2 fully saturated rings. The minimum atomic E-state index is -3.07. The quantitative estimate of drug-likeness (QED) is 0.805. The van der Waals surface area contributed by atoms with Crippen molar-refractivity contribution in [1.82, 2.24) is 18.8 Å². The van der Waals surface area contributed by atoms with Crippen molar-refractivity contribution in [3.05, 3.63) is 18.2 Å². The van der Waals surface area contributed by atoms with Gasteiger partial charge in [-0.2, -0.15) is 0 Å². The number of likely N-dealkylation sites (tertiary alicyclic amines) is 1. The molecule has 1 unspecified atom stereocenters. The Balaban J connectivity index is 1.57. The van der Waals surface area contributed by atoms with Crippen LogP contribution in [0.15, 0.2) is 12.4 Å². The number of hydrogen-bond acceptors (Lipinski definition) is 4. The molecule has 2 saturated heterocycles. The summed E-state index contributed by atoms with van der Waals surface area (Å²) in [5.74, 6) is 1.46. The van der Waals surface area contributed by atoms with Crippen molar-refractivity contribution in [2.45, 2.75) is 19.3 Å². The lowest BCUT2D eigenvalue weighted by atomic mass is 9.84. The van der Waals surface area contributed by atoms with Crippen LogP contribution in [0.1, 0.15) is 29.9 Å². The summed E-state index contributed by atoms with van der Waals surface area (Å²) in [6.45, 7) is 2.73. The van der Waals surface area contributed by atoms with E-state index in [2.05, 4.69) is 4.98 Å². The lowest BCUT2D eigenvalue weighted by molar-refractivity contribution is 0.0763. The monoisotopic (exact) mass is 340 g/mol. The Kier molecular flexibility index (Phi) is 4.46. The highest BCUT2D eigenvalue weighted by Gasteiger charge is 2.36. The first kappa shape index (κ1) is 16.4. The maximum Gasteiger partial charge on any atom is 0.289 e. The molecule has 0 N–H and O–H groups in total. The van der Waals surface area contributed by atoms with E-state index in [-0.39, 0.29) is 5.91 Å². The molecule has 0 aliphatic carbocycles. The number of imidazole rings is 1. The number of carbonyl (C=O) groups is 1. The fourth-order valence-corrected chi connectivity index (χ4v) is 4.62. The van der Waals surface area contributed by atoms with Crippen LogP contribution in [-0.2, 0) is 17.1 Å². The van der Waals surface area contributed by atoms with Crippen molar-refractivity contribution in [1.29, 1.82) is 0 Å². The highest BCUT2D eigenvalue weighted by Crippen LogP contribution is 2.32. The number of rotatable bonds is 3. The zero-order chi connectivity index (χ0) is 16.6. The predicted molar refractivity (Wildman–Crippen MR) is 86.4 cm³/mol. The van der Waals surface area contributed by atoms with E-state index in [9.17, 15) is 13.2 Å². The van der Waals surface area contributed by atoms with Crippen molar-refractivity contribution in [2.24, 2.45) is 18.9 Å². The fourth-order valence-electron chi connectivity index (χ4n) is 3.75. The topological polar surface area (TPSA) is 75.5 Å². The third-order valence-corrected chi connectivity index (χ3v) is 6.46. The first-order valence-corrected chi connectivity index (χ1v) is 9.93. The van der Waals surface area contributed by atoms with Crippen LogP contribution < -0.4 is 0 Å². The molecule has 0 bridgehead atoms. The Morgan fingerprint density at radius 3 is 2.39 bits per heavy atom. The summed E-state index contributed by atoms with van der Waals surface area (Å²) in [6.07, 6.45) is 7.48. The van der Waals surface area contributed by atoms with E-state index in [0.717, 1.165) is 32.4 Å². The standard InChI is InChI=1S/C15H24N4O3S/c1-17-10-6-16-14(17)15(20)18-7-3-13(11-18)12-4-8-19(9-5-12)23(2,21)22/h6,10,12-13H,3-5,7-9,11H2,1-2H3. The van der Waals surface area contributed by atoms with E-state index >= 15 is 0 Å². The second kappa shape index (κ2) is 6.24. The minimum absolute atomic E-state index is 0.00595. The highest BCUT2D eigenvalue weighted by atomic mass is 32.2. The predicted octanol–water partition coefficient (Wildman–Crippen LogP) is 0.554. The Hall–Kier alpha value is -1.41. The summed E-state index contributed by atoms with van der Waals surface area (Å²) in [4.78, 5) is 18.5. The van der Waals surface area contributed by atoms with Crippen molar-refractivity contribution >= 4 is 15.9 Å².